The van der Waals surface area contributed by atoms with E-state index in [2.05, 4.69) is 5.32 Å². The second-order valence-corrected chi connectivity index (χ2v) is 5.76. The Morgan fingerprint density at radius 3 is 2.72 bits per heavy atom. The molecule has 0 radical (unpaired) electrons. The zero-order chi connectivity index (χ0) is 13.0. The minimum Gasteiger partial charge on any atom is -0.388 e. The molecule has 0 atom stereocenters. The minimum absolute atomic E-state index is 0.0556. The molecule has 0 spiro atoms. The van der Waals surface area contributed by atoms with Crippen molar-refractivity contribution in [2.75, 3.05) is 39.9 Å². The molecule has 1 heterocycles. The minimum atomic E-state index is -0.691. The van der Waals surface area contributed by atoms with E-state index in [9.17, 15) is 9.90 Å². The Labute approximate surface area is 108 Å². The van der Waals surface area contributed by atoms with E-state index >= 15 is 0 Å². The summed E-state index contributed by atoms with van der Waals surface area (Å²) in [6, 6.07) is 0. The first-order valence-electron chi connectivity index (χ1n) is 6.83. The van der Waals surface area contributed by atoms with Gasteiger partial charge in [0.05, 0.1) is 12.1 Å². The number of aliphatic hydroxyl groups is 1. The third-order valence-corrected chi connectivity index (χ3v) is 3.69. The molecule has 5 nitrogen and oxygen atoms in total. The third kappa shape index (κ3) is 4.55. The van der Waals surface area contributed by atoms with E-state index in [1.165, 1.54) is 12.8 Å². The van der Waals surface area contributed by atoms with Crippen molar-refractivity contribution in [3.63, 3.8) is 0 Å². The Hall–Kier alpha value is -0.650. The van der Waals surface area contributed by atoms with Crippen LogP contribution in [0.15, 0.2) is 0 Å². The van der Waals surface area contributed by atoms with Crippen molar-refractivity contribution in [1.82, 2.24) is 10.2 Å². The van der Waals surface area contributed by atoms with Gasteiger partial charge in [-0.25, -0.2) is 0 Å². The molecule has 2 fully saturated rings. The van der Waals surface area contributed by atoms with Crippen LogP contribution in [0.25, 0.3) is 0 Å². The van der Waals surface area contributed by atoms with Gasteiger partial charge in [-0.1, -0.05) is 0 Å². The Morgan fingerprint density at radius 2 is 2.11 bits per heavy atom. The smallest absolute Gasteiger partial charge is 0.234 e. The molecule has 0 unspecified atom stereocenters. The van der Waals surface area contributed by atoms with Gasteiger partial charge in [0.15, 0.2) is 0 Å². The summed E-state index contributed by atoms with van der Waals surface area (Å²) in [6.07, 6.45) is 3.80. The van der Waals surface area contributed by atoms with Crippen LogP contribution in [0.3, 0.4) is 0 Å². The van der Waals surface area contributed by atoms with Crippen LogP contribution in [0.1, 0.15) is 25.7 Å². The number of amides is 1. The third-order valence-electron chi connectivity index (χ3n) is 3.69. The summed E-state index contributed by atoms with van der Waals surface area (Å²) in [4.78, 5) is 13.6. The van der Waals surface area contributed by atoms with Crippen molar-refractivity contribution in [2.45, 2.75) is 31.3 Å². The van der Waals surface area contributed by atoms with E-state index in [4.69, 9.17) is 4.74 Å². The second kappa shape index (κ2) is 5.99. The predicted octanol–water partition coefficient (Wildman–Crippen LogP) is -0.0141. The normalized spacial score (nSPS) is 23.1. The maximum atomic E-state index is 11.7. The molecular formula is C13H24N2O3. The zero-order valence-electron chi connectivity index (χ0n) is 11.2. The van der Waals surface area contributed by atoms with Crippen molar-refractivity contribution in [1.29, 1.82) is 0 Å². The number of carbonyl (C=O) groups excluding carboxylic acids is 1. The average Bonchev–Trinajstić information content (AvgIpc) is 3.10. The lowest BCUT2D eigenvalue weighted by molar-refractivity contribution is -0.123. The van der Waals surface area contributed by atoms with Crippen LogP contribution in [-0.4, -0.2) is 61.4 Å². The van der Waals surface area contributed by atoms with Gasteiger partial charge in [-0.3, -0.25) is 9.69 Å². The molecule has 0 bridgehead atoms. The van der Waals surface area contributed by atoms with Gasteiger partial charge in [-0.2, -0.15) is 0 Å². The van der Waals surface area contributed by atoms with Gasteiger partial charge in [0, 0.05) is 39.1 Å². The standard InChI is InChI=1S/C13H24N2O3/c1-15(9-12(16)14-8-11-2-3-11)10-13(17)4-6-18-7-5-13/h11,17H,2-10H2,1H3,(H,14,16). The van der Waals surface area contributed by atoms with E-state index in [-0.39, 0.29) is 5.91 Å². The van der Waals surface area contributed by atoms with Crippen molar-refractivity contribution in [3.8, 4) is 0 Å². The Morgan fingerprint density at radius 1 is 1.44 bits per heavy atom. The molecule has 1 saturated heterocycles. The predicted molar refractivity (Wildman–Crippen MR) is 68.2 cm³/mol. The quantitative estimate of drug-likeness (QED) is 0.701. The number of ether oxygens (including phenoxy) is 1. The number of rotatable bonds is 6. The van der Waals surface area contributed by atoms with Crippen LogP contribution in [-0.2, 0) is 9.53 Å². The van der Waals surface area contributed by atoms with Crippen LogP contribution in [0.5, 0.6) is 0 Å². The monoisotopic (exact) mass is 256 g/mol. The molecule has 1 saturated carbocycles. The average molecular weight is 256 g/mol. The highest BCUT2D eigenvalue weighted by molar-refractivity contribution is 5.78. The van der Waals surface area contributed by atoms with E-state index in [1.54, 1.807) is 0 Å². The fourth-order valence-corrected chi connectivity index (χ4v) is 2.35. The van der Waals surface area contributed by atoms with Gasteiger partial charge in [0.2, 0.25) is 5.91 Å². The van der Waals surface area contributed by atoms with Gasteiger partial charge in [-0.05, 0) is 25.8 Å². The molecule has 1 aliphatic carbocycles. The Bertz CT molecular complexity index is 286. The summed E-state index contributed by atoms with van der Waals surface area (Å²) in [5.74, 6) is 0.763. The van der Waals surface area contributed by atoms with Crippen LogP contribution in [0, 0.1) is 5.92 Å². The molecule has 1 aliphatic heterocycles. The topological polar surface area (TPSA) is 61.8 Å². The highest BCUT2D eigenvalue weighted by Gasteiger charge is 2.31. The lowest BCUT2D eigenvalue weighted by atomic mass is 9.94. The summed E-state index contributed by atoms with van der Waals surface area (Å²) in [5, 5.41) is 13.3. The highest BCUT2D eigenvalue weighted by atomic mass is 16.5. The summed E-state index contributed by atoms with van der Waals surface area (Å²) in [7, 11) is 1.88. The van der Waals surface area contributed by atoms with E-state index in [1.807, 2.05) is 11.9 Å². The summed E-state index contributed by atoms with van der Waals surface area (Å²) in [5.41, 5.74) is -0.691. The Balaban J connectivity index is 1.66. The van der Waals surface area contributed by atoms with E-state index in [0.717, 1.165) is 6.54 Å². The van der Waals surface area contributed by atoms with Gasteiger partial charge in [0.1, 0.15) is 0 Å². The lowest BCUT2D eigenvalue weighted by Crippen LogP contribution is -2.48. The SMILES string of the molecule is CN(CC(=O)NCC1CC1)CC1(O)CCOCC1. The highest BCUT2D eigenvalue weighted by Crippen LogP contribution is 2.27. The molecule has 18 heavy (non-hydrogen) atoms. The lowest BCUT2D eigenvalue weighted by Gasteiger charge is -2.35. The molecule has 0 aromatic heterocycles. The van der Waals surface area contributed by atoms with Crippen LogP contribution >= 0.6 is 0 Å². The molecular weight excluding hydrogens is 232 g/mol. The fourth-order valence-electron chi connectivity index (χ4n) is 2.35. The van der Waals surface area contributed by atoms with E-state index in [0.29, 0.717) is 45.1 Å². The van der Waals surface area contributed by atoms with Crippen LogP contribution in [0.4, 0.5) is 0 Å². The number of likely N-dealkylation sites (N-methyl/N-ethyl adjacent to an activating group) is 1. The Kier molecular flexibility index (Phi) is 4.59. The van der Waals surface area contributed by atoms with Crippen molar-refractivity contribution >= 4 is 5.91 Å². The molecule has 2 aliphatic rings. The zero-order valence-corrected chi connectivity index (χ0v) is 11.2. The molecule has 2 rings (SSSR count). The summed E-state index contributed by atoms with van der Waals surface area (Å²) < 4.78 is 5.24. The molecule has 104 valence electrons. The van der Waals surface area contributed by atoms with Gasteiger partial charge in [-0.15, -0.1) is 0 Å². The maximum absolute atomic E-state index is 11.7. The maximum Gasteiger partial charge on any atom is 0.234 e. The van der Waals surface area contributed by atoms with E-state index < -0.39 is 5.60 Å². The van der Waals surface area contributed by atoms with Crippen molar-refractivity contribution in [2.24, 2.45) is 5.92 Å². The number of carbonyl (C=O) groups is 1. The first-order valence-corrected chi connectivity index (χ1v) is 6.83. The molecule has 0 aromatic carbocycles. The number of hydrogen-bond acceptors (Lipinski definition) is 4. The van der Waals surface area contributed by atoms with Crippen molar-refractivity contribution in [3.05, 3.63) is 0 Å². The number of nitrogens with one attached hydrogen (secondary N) is 1. The summed E-state index contributed by atoms with van der Waals surface area (Å²) in [6.45, 7) is 2.92. The van der Waals surface area contributed by atoms with Crippen LogP contribution < -0.4 is 5.32 Å². The van der Waals surface area contributed by atoms with Gasteiger partial charge < -0.3 is 15.2 Å². The molecule has 0 aromatic rings. The van der Waals surface area contributed by atoms with Gasteiger partial charge >= 0.3 is 0 Å². The molecule has 5 heteroatoms. The fraction of sp³-hybridized carbons (Fsp3) is 0.923. The van der Waals surface area contributed by atoms with Crippen molar-refractivity contribution < 1.29 is 14.6 Å². The number of nitrogens with zero attached hydrogens (tertiary/aromatic N) is 1. The largest absolute Gasteiger partial charge is 0.388 e. The first kappa shape index (κ1) is 13.8. The molecule has 2 N–H and O–H groups in total. The number of hydrogen-bond donors (Lipinski definition) is 2. The first-order chi connectivity index (χ1) is 8.57. The molecule has 1 amide bonds. The second-order valence-electron chi connectivity index (χ2n) is 5.76. The van der Waals surface area contributed by atoms with Crippen LogP contribution in [0.2, 0.25) is 0 Å². The van der Waals surface area contributed by atoms with Gasteiger partial charge in [0.25, 0.3) is 0 Å². The summed E-state index contributed by atoms with van der Waals surface area (Å²) >= 11 is 0.